The molecule has 1 aliphatic heterocycles. The average molecular weight is 300 g/mol. The van der Waals surface area contributed by atoms with Crippen LogP contribution in [-0.4, -0.2) is 31.1 Å². The highest BCUT2D eigenvalue weighted by Gasteiger charge is 2.20. The van der Waals surface area contributed by atoms with Crippen molar-refractivity contribution in [1.82, 2.24) is 10.2 Å². The fourth-order valence-electron chi connectivity index (χ4n) is 2.80. The standard InChI is InChI=1S/C18H21FN2O/c1-20-16-9-10-21(13-16)12-14-5-7-17(8-6-14)22-18-4-2-3-15(19)11-18/h2-8,11,16,20H,9-10,12-13H2,1H3. The maximum Gasteiger partial charge on any atom is 0.130 e. The predicted octanol–water partition coefficient (Wildman–Crippen LogP) is 3.41. The molecule has 1 N–H and O–H groups in total. The van der Waals surface area contributed by atoms with E-state index in [9.17, 15) is 4.39 Å². The third-order valence-electron chi connectivity index (χ3n) is 4.04. The Hall–Kier alpha value is -1.91. The molecule has 116 valence electrons. The van der Waals surface area contributed by atoms with Crippen LogP contribution in [-0.2, 0) is 6.54 Å². The van der Waals surface area contributed by atoms with Crippen LogP contribution in [0, 0.1) is 5.82 Å². The molecule has 22 heavy (non-hydrogen) atoms. The van der Waals surface area contributed by atoms with E-state index in [4.69, 9.17) is 4.74 Å². The first kappa shape index (κ1) is 15.0. The van der Waals surface area contributed by atoms with Crippen LogP contribution in [0.1, 0.15) is 12.0 Å². The highest BCUT2D eigenvalue weighted by atomic mass is 19.1. The zero-order valence-electron chi connectivity index (χ0n) is 12.8. The molecule has 1 saturated heterocycles. The Morgan fingerprint density at radius 2 is 2.00 bits per heavy atom. The van der Waals surface area contributed by atoms with Crippen molar-refractivity contribution >= 4 is 0 Å². The molecule has 0 bridgehead atoms. The minimum Gasteiger partial charge on any atom is -0.457 e. The van der Waals surface area contributed by atoms with Crippen molar-refractivity contribution < 1.29 is 9.13 Å². The van der Waals surface area contributed by atoms with Crippen molar-refractivity contribution in [3.05, 3.63) is 59.9 Å². The molecule has 1 aliphatic rings. The van der Waals surface area contributed by atoms with Crippen LogP contribution in [0.4, 0.5) is 4.39 Å². The number of likely N-dealkylation sites (tertiary alicyclic amines) is 1. The number of ether oxygens (including phenoxy) is 1. The lowest BCUT2D eigenvalue weighted by molar-refractivity contribution is 0.322. The van der Waals surface area contributed by atoms with Crippen LogP contribution in [0.5, 0.6) is 11.5 Å². The van der Waals surface area contributed by atoms with Crippen molar-refractivity contribution in [2.45, 2.75) is 19.0 Å². The Morgan fingerprint density at radius 1 is 1.18 bits per heavy atom. The van der Waals surface area contributed by atoms with E-state index >= 15 is 0 Å². The van der Waals surface area contributed by atoms with Gasteiger partial charge in [0.25, 0.3) is 0 Å². The molecule has 1 atom stereocenters. The van der Waals surface area contributed by atoms with Crippen LogP contribution >= 0.6 is 0 Å². The molecule has 0 amide bonds. The predicted molar refractivity (Wildman–Crippen MR) is 85.7 cm³/mol. The summed E-state index contributed by atoms with van der Waals surface area (Å²) in [5.74, 6) is 0.954. The maximum absolute atomic E-state index is 13.1. The van der Waals surface area contributed by atoms with E-state index in [0.29, 0.717) is 11.8 Å². The topological polar surface area (TPSA) is 24.5 Å². The smallest absolute Gasteiger partial charge is 0.130 e. The van der Waals surface area contributed by atoms with E-state index in [-0.39, 0.29) is 5.82 Å². The fourth-order valence-corrected chi connectivity index (χ4v) is 2.80. The number of hydrogen-bond acceptors (Lipinski definition) is 3. The number of likely N-dealkylation sites (N-methyl/N-ethyl adjacent to an activating group) is 1. The second-order valence-corrected chi connectivity index (χ2v) is 5.71. The van der Waals surface area contributed by atoms with Gasteiger partial charge in [0.1, 0.15) is 17.3 Å². The summed E-state index contributed by atoms with van der Waals surface area (Å²) < 4.78 is 18.8. The molecule has 0 radical (unpaired) electrons. The Balaban J connectivity index is 1.58. The summed E-state index contributed by atoms with van der Waals surface area (Å²) in [6, 6.07) is 14.8. The summed E-state index contributed by atoms with van der Waals surface area (Å²) >= 11 is 0. The summed E-state index contributed by atoms with van der Waals surface area (Å²) in [5.41, 5.74) is 1.27. The summed E-state index contributed by atoms with van der Waals surface area (Å²) in [6.45, 7) is 3.18. The van der Waals surface area contributed by atoms with Gasteiger partial charge < -0.3 is 10.1 Å². The number of benzene rings is 2. The van der Waals surface area contributed by atoms with Gasteiger partial charge in [0, 0.05) is 31.7 Å². The van der Waals surface area contributed by atoms with Crippen molar-refractivity contribution in [1.29, 1.82) is 0 Å². The third-order valence-corrected chi connectivity index (χ3v) is 4.04. The molecule has 0 aliphatic carbocycles. The molecule has 2 aromatic carbocycles. The molecule has 2 aromatic rings. The molecule has 0 aromatic heterocycles. The SMILES string of the molecule is CNC1CCN(Cc2ccc(Oc3cccc(F)c3)cc2)C1. The molecule has 1 unspecified atom stereocenters. The summed E-state index contributed by atoms with van der Waals surface area (Å²) in [6.07, 6.45) is 1.21. The molecule has 1 fully saturated rings. The molecule has 3 nitrogen and oxygen atoms in total. The van der Waals surface area contributed by atoms with Crippen LogP contribution in [0.15, 0.2) is 48.5 Å². The highest BCUT2D eigenvalue weighted by Crippen LogP contribution is 2.23. The van der Waals surface area contributed by atoms with Gasteiger partial charge in [0.2, 0.25) is 0 Å². The Bertz CT molecular complexity index is 615. The van der Waals surface area contributed by atoms with Crippen molar-refractivity contribution in [2.24, 2.45) is 0 Å². The largest absolute Gasteiger partial charge is 0.457 e. The van der Waals surface area contributed by atoms with E-state index in [1.807, 2.05) is 19.2 Å². The first-order valence-electron chi connectivity index (χ1n) is 7.65. The van der Waals surface area contributed by atoms with Gasteiger partial charge in [0.05, 0.1) is 0 Å². The lowest BCUT2D eigenvalue weighted by Gasteiger charge is -2.16. The average Bonchev–Trinajstić information content (AvgIpc) is 2.97. The van der Waals surface area contributed by atoms with Gasteiger partial charge >= 0.3 is 0 Å². The fraction of sp³-hybridized carbons (Fsp3) is 0.333. The second kappa shape index (κ2) is 6.90. The first-order valence-corrected chi connectivity index (χ1v) is 7.65. The third kappa shape index (κ3) is 3.84. The molecule has 3 rings (SSSR count). The van der Waals surface area contributed by atoms with Gasteiger partial charge in [-0.05, 0) is 43.3 Å². The minimum absolute atomic E-state index is 0.290. The number of hydrogen-bond donors (Lipinski definition) is 1. The molecule has 0 saturated carbocycles. The number of rotatable bonds is 5. The first-order chi connectivity index (χ1) is 10.7. The number of nitrogens with one attached hydrogen (secondary N) is 1. The van der Waals surface area contributed by atoms with Crippen LogP contribution in [0.2, 0.25) is 0 Å². The zero-order valence-corrected chi connectivity index (χ0v) is 12.8. The van der Waals surface area contributed by atoms with E-state index in [1.165, 1.54) is 24.1 Å². The monoisotopic (exact) mass is 300 g/mol. The van der Waals surface area contributed by atoms with Crippen LogP contribution in [0.3, 0.4) is 0 Å². The van der Waals surface area contributed by atoms with Gasteiger partial charge in [-0.1, -0.05) is 18.2 Å². The van der Waals surface area contributed by atoms with E-state index in [1.54, 1.807) is 12.1 Å². The molecular weight excluding hydrogens is 279 g/mol. The summed E-state index contributed by atoms with van der Waals surface area (Å²) in [7, 11) is 2.02. The zero-order chi connectivity index (χ0) is 15.4. The minimum atomic E-state index is -0.290. The van der Waals surface area contributed by atoms with Crippen LogP contribution in [0.25, 0.3) is 0 Å². The van der Waals surface area contributed by atoms with Crippen molar-refractivity contribution in [3.63, 3.8) is 0 Å². The van der Waals surface area contributed by atoms with Gasteiger partial charge in [-0.15, -0.1) is 0 Å². The Kier molecular flexibility index (Phi) is 4.71. The Labute approximate surface area is 130 Å². The van der Waals surface area contributed by atoms with Crippen molar-refractivity contribution in [2.75, 3.05) is 20.1 Å². The van der Waals surface area contributed by atoms with Gasteiger partial charge in [0.15, 0.2) is 0 Å². The lowest BCUT2D eigenvalue weighted by atomic mass is 10.2. The number of nitrogens with zero attached hydrogens (tertiary/aromatic N) is 1. The summed E-state index contributed by atoms with van der Waals surface area (Å²) in [5, 5.41) is 3.33. The van der Waals surface area contributed by atoms with E-state index in [2.05, 4.69) is 22.3 Å². The van der Waals surface area contributed by atoms with E-state index in [0.717, 1.165) is 25.4 Å². The van der Waals surface area contributed by atoms with Gasteiger partial charge in [-0.3, -0.25) is 4.90 Å². The van der Waals surface area contributed by atoms with Gasteiger partial charge in [-0.25, -0.2) is 4.39 Å². The van der Waals surface area contributed by atoms with E-state index < -0.39 is 0 Å². The molecular formula is C18H21FN2O. The lowest BCUT2D eigenvalue weighted by Crippen LogP contribution is -2.29. The molecule has 0 spiro atoms. The van der Waals surface area contributed by atoms with Crippen LogP contribution < -0.4 is 10.1 Å². The highest BCUT2D eigenvalue weighted by molar-refractivity contribution is 5.33. The normalized spacial score (nSPS) is 18.5. The quantitative estimate of drug-likeness (QED) is 0.916. The second-order valence-electron chi connectivity index (χ2n) is 5.71. The van der Waals surface area contributed by atoms with Crippen molar-refractivity contribution in [3.8, 4) is 11.5 Å². The summed E-state index contributed by atoms with van der Waals surface area (Å²) in [4.78, 5) is 2.45. The van der Waals surface area contributed by atoms with Gasteiger partial charge in [-0.2, -0.15) is 0 Å². The molecule has 1 heterocycles. The Morgan fingerprint density at radius 3 is 2.68 bits per heavy atom. The number of halogens is 1. The maximum atomic E-state index is 13.1. The molecule has 4 heteroatoms.